The van der Waals surface area contributed by atoms with Gasteiger partial charge in [0, 0.05) is 12.3 Å². The van der Waals surface area contributed by atoms with Gasteiger partial charge in [0.1, 0.15) is 0 Å². The molecule has 0 radical (unpaired) electrons. The molecule has 0 aromatic heterocycles. The van der Waals surface area contributed by atoms with Crippen molar-refractivity contribution in [3.8, 4) is 0 Å². The minimum Gasteiger partial charge on any atom is -0.481 e. The van der Waals surface area contributed by atoms with Crippen LogP contribution in [0.4, 0.5) is 0 Å². The van der Waals surface area contributed by atoms with E-state index in [-0.39, 0.29) is 12.3 Å². The van der Waals surface area contributed by atoms with Crippen LogP contribution in [0.25, 0.3) is 0 Å². The predicted octanol–water partition coefficient (Wildman–Crippen LogP) is 0.361. The highest BCUT2D eigenvalue weighted by Gasteiger charge is 2.36. The summed E-state index contributed by atoms with van der Waals surface area (Å²) in [7, 11) is -3.03. The third kappa shape index (κ3) is 1.58. The van der Waals surface area contributed by atoms with Crippen molar-refractivity contribution in [1.82, 2.24) is 0 Å². The van der Waals surface area contributed by atoms with Crippen LogP contribution in [0.2, 0.25) is 0 Å². The van der Waals surface area contributed by atoms with E-state index in [0.29, 0.717) is 6.42 Å². The Morgan fingerprint density at radius 1 is 1.60 bits per heavy atom. The average molecular weight is 164 g/mol. The maximum absolute atomic E-state index is 10.8. The van der Waals surface area contributed by atoms with E-state index in [1.807, 2.05) is 0 Å². The van der Waals surface area contributed by atoms with Crippen LogP contribution in [0.1, 0.15) is 6.42 Å². The Hall–Kier alpha value is -0.340. The van der Waals surface area contributed by atoms with E-state index in [1.54, 1.807) is 0 Å². The van der Waals surface area contributed by atoms with Gasteiger partial charge < -0.3 is 10.00 Å². The number of carbonyl (C=O) groups is 1. The van der Waals surface area contributed by atoms with Crippen LogP contribution >= 0.6 is 7.37 Å². The molecule has 2 N–H and O–H groups in total. The first-order chi connectivity index (χ1) is 4.51. The fraction of sp³-hybridized carbons (Fsp3) is 0.800. The standard InChI is InChI=1S/C5H9O4P/c6-5(7)4-1-2-10(8,9)3-4/h4H,1-3H2,(H,6,7)(H,8,9). The molecule has 1 rings (SSSR count). The van der Waals surface area contributed by atoms with Crippen molar-refractivity contribution in [1.29, 1.82) is 0 Å². The Labute approximate surface area is 58.3 Å². The van der Waals surface area contributed by atoms with E-state index < -0.39 is 19.3 Å². The van der Waals surface area contributed by atoms with Crippen molar-refractivity contribution < 1.29 is 19.4 Å². The Balaban J connectivity index is 2.60. The fourth-order valence-electron chi connectivity index (χ4n) is 1.09. The quantitative estimate of drug-likeness (QED) is 0.548. The number of rotatable bonds is 1. The molecule has 0 bridgehead atoms. The normalized spacial score (nSPS) is 39.9. The smallest absolute Gasteiger partial charge is 0.307 e. The van der Waals surface area contributed by atoms with Crippen LogP contribution < -0.4 is 0 Å². The van der Waals surface area contributed by atoms with Crippen molar-refractivity contribution in [2.45, 2.75) is 6.42 Å². The summed E-state index contributed by atoms with van der Waals surface area (Å²) in [6.45, 7) is 0. The largest absolute Gasteiger partial charge is 0.481 e. The van der Waals surface area contributed by atoms with Crippen LogP contribution in [0.5, 0.6) is 0 Å². The molecule has 2 atom stereocenters. The SMILES string of the molecule is O=C(O)C1CCP(=O)(O)C1. The molecule has 4 nitrogen and oxygen atoms in total. The summed E-state index contributed by atoms with van der Waals surface area (Å²) in [6.07, 6.45) is 0.482. The highest BCUT2D eigenvalue weighted by atomic mass is 31.2. The Bertz CT molecular complexity index is 200. The van der Waals surface area contributed by atoms with E-state index in [0.717, 1.165) is 0 Å². The first-order valence-corrected chi connectivity index (χ1v) is 5.08. The van der Waals surface area contributed by atoms with Gasteiger partial charge in [-0.05, 0) is 6.42 Å². The molecule has 10 heavy (non-hydrogen) atoms. The van der Waals surface area contributed by atoms with Gasteiger partial charge in [0.25, 0.3) is 0 Å². The molecule has 1 fully saturated rings. The van der Waals surface area contributed by atoms with Crippen molar-refractivity contribution >= 4 is 13.3 Å². The highest BCUT2D eigenvalue weighted by molar-refractivity contribution is 7.58. The second-order valence-electron chi connectivity index (χ2n) is 2.58. The molecule has 58 valence electrons. The van der Waals surface area contributed by atoms with Crippen LogP contribution in [0, 0.1) is 5.92 Å². The number of carboxylic acid groups (broad SMARTS) is 1. The predicted molar refractivity (Wildman–Crippen MR) is 35.3 cm³/mol. The molecule has 0 aromatic rings. The molecule has 1 saturated heterocycles. The monoisotopic (exact) mass is 164 g/mol. The number of hydrogen-bond acceptors (Lipinski definition) is 2. The van der Waals surface area contributed by atoms with Crippen LogP contribution in [-0.2, 0) is 9.36 Å². The van der Waals surface area contributed by atoms with E-state index in [9.17, 15) is 9.36 Å². The lowest BCUT2D eigenvalue weighted by Crippen LogP contribution is -2.11. The van der Waals surface area contributed by atoms with E-state index in [2.05, 4.69) is 0 Å². The van der Waals surface area contributed by atoms with Crippen LogP contribution in [0.3, 0.4) is 0 Å². The maximum atomic E-state index is 10.8. The summed E-state index contributed by atoms with van der Waals surface area (Å²) in [5, 5.41) is 8.41. The third-order valence-electron chi connectivity index (χ3n) is 1.68. The first kappa shape index (κ1) is 7.76. The van der Waals surface area contributed by atoms with E-state index in [4.69, 9.17) is 10.00 Å². The lowest BCUT2D eigenvalue weighted by molar-refractivity contribution is -0.140. The summed E-state index contributed by atoms with van der Waals surface area (Å²) < 4.78 is 10.8. The zero-order valence-corrected chi connectivity index (χ0v) is 6.25. The zero-order valence-electron chi connectivity index (χ0n) is 5.36. The van der Waals surface area contributed by atoms with Crippen LogP contribution in [-0.4, -0.2) is 28.3 Å². The zero-order chi connectivity index (χ0) is 7.78. The summed E-state index contributed by atoms with van der Waals surface area (Å²) in [4.78, 5) is 19.2. The Morgan fingerprint density at radius 2 is 2.20 bits per heavy atom. The number of aliphatic carboxylic acids is 1. The summed E-state index contributed by atoms with van der Waals surface area (Å²) in [5.74, 6) is -1.54. The molecule has 1 heterocycles. The van der Waals surface area contributed by atoms with Gasteiger partial charge in [-0.2, -0.15) is 0 Å². The molecule has 1 aliphatic rings. The van der Waals surface area contributed by atoms with Gasteiger partial charge in [-0.3, -0.25) is 9.36 Å². The third-order valence-corrected chi connectivity index (χ3v) is 3.65. The number of carboxylic acids is 1. The molecular formula is C5H9O4P. The Kier molecular flexibility index (Phi) is 1.84. The summed E-state index contributed by atoms with van der Waals surface area (Å²) in [5.41, 5.74) is 0. The van der Waals surface area contributed by atoms with Gasteiger partial charge in [0.2, 0.25) is 7.37 Å². The molecule has 2 unspecified atom stereocenters. The van der Waals surface area contributed by atoms with Gasteiger partial charge >= 0.3 is 5.97 Å². The molecular weight excluding hydrogens is 155 g/mol. The van der Waals surface area contributed by atoms with Gasteiger partial charge in [0.05, 0.1) is 5.92 Å². The molecule has 5 heteroatoms. The molecule has 0 spiro atoms. The summed E-state index contributed by atoms with van der Waals surface area (Å²) in [6, 6.07) is 0. The van der Waals surface area contributed by atoms with Gasteiger partial charge in [-0.25, -0.2) is 0 Å². The second-order valence-corrected chi connectivity index (χ2v) is 5.08. The van der Waals surface area contributed by atoms with Gasteiger partial charge in [-0.15, -0.1) is 0 Å². The number of hydrogen-bond donors (Lipinski definition) is 2. The minimum atomic E-state index is -3.03. The fourth-order valence-corrected chi connectivity index (χ4v) is 3.01. The van der Waals surface area contributed by atoms with E-state index in [1.165, 1.54) is 0 Å². The minimum absolute atomic E-state index is 0.0394. The van der Waals surface area contributed by atoms with Gasteiger partial charge in [0.15, 0.2) is 0 Å². The topological polar surface area (TPSA) is 74.6 Å². The Morgan fingerprint density at radius 3 is 2.40 bits per heavy atom. The van der Waals surface area contributed by atoms with Crippen molar-refractivity contribution in [3.63, 3.8) is 0 Å². The molecule has 0 aliphatic carbocycles. The first-order valence-electron chi connectivity index (χ1n) is 3.05. The van der Waals surface area contributed by atoms with E-state index >= 15 is 0 Å². The second kappa shape index (κ2) is 2.36. The highest BCUT2D eigenvalue weighted by Crippen LogP contribution is 2.50. The summed E-state index contributed by atoms with van der Waals surface area (Å²) >= 11 is 0. The lowest BCUT2D eigenvalue weighted by Gasteiger charge is -2.00. The molecule has 0 amide bonds. The van der Waals surface area contributed by atoms with Crippen molar-refractivity contribution in [3.05, 3.63) is 0 Å². The van der Waals surface area contributed by atoms with Gasteiger partial charge in [-0.1, -0.05) is 0 Å². The average Bonchev–Trinajstić information content (AvgIpc) is 2.10. The molecule has 0 saturated carbocycles. The maximum Gasteiger partial charge on any atom is 0.307 e. The van der Waals surface area contributed by atoms with Crippen molar-refractivity contribution in [2.75, 3.05) is 12.3 Å². The van der Waals surface area contributed by atoms with Crippen LogP contribution in [0.15, 0.2) is 0 Å². The molecule has 1 aliphatic heterocycles. The lowest BCUT2D eigenvalue weighted by atomic mass is 10.1. The molecule has 0 aromatic carbocycles. The van der Waals surface area contributed by atoms with Crippen molar-refractivity contribution in [2.24, 2.45) is 5.92 Å².